The van der Waals surface area contributed by atoms with E-state index in [1.54, 1.807) is 14.2 Å². The van der Waals surface area contributed by atoms with Gasteiger partial charge >= 0.3 is 0 Å². The monoisotopic (exact) mass is 153 g/mol. The van der Waals surface area contributed by atoms with Crippen molar-refractivity contribution in [3.8, 4) is 0 Å². The number of hydrogen-bond acceptors (Lipinski definition) is 3. The Bertz CT molecular complexity index is 68.0. The molecule has 0 rings (SSSR count). The first-order valence-electron chi connectivity index (χ1n) is 2.68. The zero-order chi connectivity index (χ0) is 7.28. The number of nitrogens with one attached hydrogen (secondary N) is 1. The summed E-state index contributed by atoms with van der Waals surface area (Å²) in [5.41, 5.74) is 0. The lowest BCUT2D eigenvalue weighted by Gasteiger charge is -2.18. The van der Waals surface area contributed by atoms with Crippen molar-refractivity contribution in [2.75, 3.05) is 14.2 Å². The third-order valence-electron chi connectivity index (χ3n) is 1.04. The fourth-order valence-corrected chi connectivity index (χ4v) is 0.659. The number of methoxy groups -OCH3 is 2. The van der Waals surface area contributed by atoms with E-state index in [2.05, 4.69) is 4.84 Å². The van der Waals surface area contributed by atoms with Crippen molar-refractivity contribution in [2.45, 2.75) is 19.3 Å². The van der Waals surface area contributed by atoms with Crippen LogP contribution < -0.4 is 4.84 Å². The molecular formula is C5H12ClNO2. The van der Waals surface area contributed by atoms with Crippen LogP contribution in [0.2, 0.25) is 0 Å². The first-order chi connectivity index (χ1) is 4.26. The van der Waals surface area contributed by atoms with Gasteiger partial charge in [0, 0.05) is 14.2 Å². The maximum Gasteiger partial charge on any atom is 0.172 e. The van der Waals surface area contributed by atoms with E-state index in [0.717, 1.165) is 0 Å². The van der Waals surface area contributed by atoms with Crippen molar-refractivity contribution in [1.29, 1.82) is 0 Å². The van der Waals surface area contributed by atoms with Crippen molar-refractivity contribution in [2.24, 2.45) is 0 Å². The van der Waals surface area contributed by atoms with E-state index in [1.165, 1.54) is 0 Å². The normalized spacial score (nSPS) is 14.3. The predicted molar refractivity (Wildman–Crippen MR) is 36.3 cm³/mol. The second-order valence-electron chi connectivity index (χ2n) is 1.74. The largest absolute Gasteiger partial charge is 0.354 e. The Kier molecular flexibility index (Phi) is 5.09. The molecule has 3 nitrogen and oxygen atoms in total. The predicted octanol–water partition coefficient (Wildman–Crippen LogP) is 0.737. The van der Waals surface area contributed by atoms with Gasteiger partial charge in [0.2, 0.25) is 0 Å². The average molecular weight is 154 g/mol. The Morgan fingerprint density at radius 1 is 1.33 bits per heavy atom. The molecule has 1 N–H and O–H groups in total. The van der Waals surface area contributed by atoms with Gasteiger partial charge in [-0.05, 0) is 18.7 Å². The fraction of sp³-hybridized carbons (Fsp3) is 1.00. The van der Waals surface area contributed by atoms with Crippen LogP contribution >= 0.6 is 11.8 Å². The molecule has 0 unspecified atom stereocenters. The first-order valence-corrected chi connectivity index (χ1v) is 3.05. The van der Waals surface area contributed by atoms with E-state index in [0.29, 0.717) is 0 Å². The Morgan fingerprint density at radius 3 is 1.89 bits per heavy atom. The summed E-state index contributed by atoms with van der Waals surface area (Å²) in [6.45, 7) is 1.87. The van der Waals surface area contributed by atoms with Crippen molar-refractivity contribution in [3.63, 3.8) is 0 Å². The van der Waals surface area contributed by atoms with Crippen LogP contribution in [0.5, 0.6) is 0 Å². The van der Waals surface area contributed by atoms with Gasteiger partial charge in [0.1, 0.15) is 0 Å². The van der Waals surface area contributed by atoms with Crippen LogP contribution in [0.3, 0.4) is 0 Å². The van der Waals surface area contributed by atoms with Crippen LogP contribution in [-0.2, 0) is 9.47 Å². The third-order valence-corrected chi connectivity index (χ3v) is 1.39. The molecule has 4 heteroatoms. The average Bonchev–Trinajstić information content (AvgIpc) is 1.90. The Balaban J connectivity index is 3.50. The van der Waals surface area contributed by atoms with Crippen molar-refractivity contribution >= 4 is 11.8 Å². The van der Waals surface area contributed by atoms with Gasteiger partial charge in [0.15, 0.2) is 6.29 Å². The van der Waals surface area contributed by atoms with E-state index in [1.807, 2.05) is 6.92 Å². The van der Waals surface area contributed by atoms with Crippen LogP contribution in [0.4, 0.5) is 0 Å². The minimum absolute atomic E-state index is 0.00154. The van der Waals surface area contributed by atoms with E-state index in [-0.39, 0.29) is 12.3 Å². The van der Waals surface area contributed by atoms with E-state index in [4.69, 9.17) is 21.3 Å². The van der Waals surface area contributed by atoms with Crippen molar-refractivity contribution < 1.29 is 9.47 Å². The molecule has 56 valence electrons. The van der Waals surface area contributed by atoms with Crippen LogP contribution in [0, 0.1) is 0 Å². The van der Waals surface area contributed by atoms with Crippen LogP contribution in [0.15, 0.2) is 0 Å². The molecular weight excluding hydrogens is 142 g/mol. The molecule has 0 saturated heterocycles. The molecule has 1 atom stereocenters. The highest BCUT2D eigenvalue weighted by atomic mass is 35.5. The topological polar surface area (TPSA) is 30.5 Å². The summed E-state index contributed by atoms with van der Waals surface area (Å²) in [6, 6.07) is 0.00154. The fourth-order valence-electron chi connectivity index (χ4n) is 0.556. The lowest BCUT2D eigenvalue weighted by atomic mass is 10.3. The van der Waals surface area contributed by atoms with Gasteiger partial charge in [-0.25, -0.2) is 4.84 Å². The molecule has 0 aliphatic heterocycles. The molecule has 0 heterocycles. The smallest absolute Gasteiger partial charge is 0.172 e. The lowest BCUT2D eigenvalue weighted by Crippen LogP contribution is -2.34. The van der Waals surface area contributed by atoms with Gasteiger partial charge in [-0.1, -0.05) is 0 Å². The summed E-state index contributed by atoms with van der Waals surface area (Å²) in [5, 5.41) is 0. The molecule has 0 saturated carbocycles. The third kappa shape index (κ3) is 3.01. The summed E-state index contributed by atoms with van der Waals surface area (Å²) in [5.74, 6) is 0. The minimum Gasteiger partial charge on any atom is -0.354 e. The number of ether oxygens (including phenoxy) is 2. The highest BCUT2D eigenvalue weighted by Crippen LogP contribution is 1.97. The van der Waals surface area contributed by atoms with Gasteiger partial charge in [-0.2, -0.15) is 0 Å². The van der Waals surface area contributed by atoms with Crippen LogP contribution in [0.1, 0.15) is 6.92 Å². The molecule has 0 aliphatic rings. The van der Waals surface area contributed by atoms with Gasteiger partial charge in [0.25, 0.3) is 0 Å². The molecule has 0 amide bonds. The van der Waals surface area contributed by atoms with Gasteiger partial charge in [-0.15, -0.1) is 0 Å². The lowest BCUT2D eigenvalue weighted by molar-refractivity contribution is -0.115. The minimum atomic E-state index is -0.275. The van der Waals surface area contributed by atoms with Gasteiger partial charge < -0.3 is 9.47 Å². The highest BCUT2D eigenvalue weighted by Gasteiger charge is 2.12. The molecule has 0 aromatic rings. The van der Waals surface area contributed by atoms with Crippen molar-refractivity contribution in [1.82, 2.24) is 4.84 Å². The quantitative estimate of drug-likeness (QED) is 0.477. The standard InChI is InChI=1S/C5H12ClNO2/c1-4(7-6)5(8-2)9-3/h4-5,7H,1-3H3/t4-/m0/s1. The van der Waals surface area contributed by atoms with Crippen LogP contribution in [-0.4, -0.2) is 26.6 Å². The summed E-state index contributed by atoms with van der Waals surface area (Å²) in [7, 11) is 3.14. The number of rotatable bonds is 4. The number of halogens is 1. The molecule has 0 bridgehead atoms. The van der Waals surface area contributed by atoms with Crippen LogP contribution in [0.25, 0.3) is 0 Å². The molecule has 0 fully saturated rings. The van der Waals surface area contributed by atoms with E-state index < -0.39 is 0 Å². The molecule has 0 spiro atoms. The first kappa shape index (κ1) is 9.17. The Hall–Kier alpha value is 0.170. The van der Waals surface area contributed by atoms with Gasteiger partial charge in [-0.3, -0.25) is 0 Å². The molecule has 0 aromatic carbocycles. The second kappa shape index (κ2) is 4.99. The molecule has 0 aromatic heterocycles. The zero-order valence-electron chi connectivity index (χ0n) is 5.85. The SMILES string of the molecule is COC(OC)[C@H](C)NCl. The molecule has 9 heavy (non-hydrogen) atoms. The van der Waals surface area contributed by atoms with E-state index >= 15 is 0 Å². The van der Waals surface area contributed by atoms with E-state index in [9.17, 15) is 0 Å². The summed E-state index contributed by atoms with van der Waals surface area (Å²) < 4.78 is 9.77. The maximum absolute atomic E-state index is 5.29. The molecule has 0 aliphatic carbocycles. The summed E-state index contributed by atoms with van der Waals surface area (Å²) in [6.07, 6.45) is -0.275. The van der Waals surface area contributed by atoms with Gasteiger partial charge in [0.05, 0.1) is 6.04 Å². The Labute approximate surface area is 60.4 Å². The highest BCUT2D eigenvalue weighted by molar-refractivity contribution is 6.13. The summed E-state index contributed by atoms with van der Waals surface area (Å²) >= 11 is 5.29. The maximum atomic E-state index is 5.29. The summed E-state index contributed by atoms with van der Waals surface area (Å²) in [4.78, 5) is 2.49. The Morgan fingerprint density at radius 2 is 1.78 bits per heavy atom. The number of hydrogen-bond donors (Lipinski definition) is 1. The van der Waals surface area contributed by atoms with Crippen molar-refractivity contribution in [3.05, 3.63) is 0 Å². The second-order valence-corrected chi connectivity index (χ2v) is 1.96. The zero-order valence-corrected chi connectivity index (χ0v) is 6.61. The molecule has 0 radical (unpaired) electrons.